The highest BCUT2D eigenvalue weighted by molar-refractivity contribution is 7.14. The fourth-order valence-corrected chi connectivity index (χ4v) is 3.91. The number of nitriles is 2. The fourth-order valence-electron chi connectivity index (χ4n) is 3.19. The maximum atomic E-state index is 12.4. The summed E-state index contributed by atoms with van der Waals surface area (Å²) in [4.78, 5) is 37.4. The second-order valence-corrected chi connectivity index (χ2v) is 10.5. The summed E-state index contributed by atoms with van der Waals surface area (Å²) in [5, 5.41) is 22.7. The van der Waals surface area contributed by atoms with Crippen LogP contribution in [-0.4, -0.2) is 75.8 Å². The highest BCUT2D eigenvalue weighted by atomic mass is 32.1. The number of hydrogen-bond acceptors (Lipinski definition) is 11. The van der Waals surface area contributed by atoms with Gasteiger partial charge in [-0.1, -0.05) is 12.1 Å². The number of esters is 1. The van der Waals surface area contributed by atoms with Crippen LogP contribution < -0.4 is 15.4 Å². The summed E-state index contributed by atoms with van der Waals surface area (Å²) in [6.45, 7) is 6.74. The molecule has 1 atom stereocenters. The number of nitrogens with zero attached hydrogens (tertiary/aromatic N) is 2. The molecule has 0 aliphatic rings. The third-order valence-corrected chi connectivity index (χ3v) is 5.95. The van der Waals surface area contributed by atoms with Crippen LogP contribution in [0.4, 0.5) is 4.79 Å². The fraction of sp³-hybridized carbons (Fsp3) is 0.464. The van der Waals surface area contributed by atoms with Gasteiger partial charge in [0.2, 0.25) is 0 Å². The summed E-state index contributed by atoms with van der Waals surface area (Å²) in [6, 6.07) is 12.9. The molecule has 0 aliphatic heterocycles. The smallest absolute Gasteiger partial charge is 0.408 e. The van der Waals surface area contributed by atoms with Crippen LogP contribution in [0.1, 0.15) is 40.9 Å². The van der Waals surface area contributed by atoms with Gasteiger partial charge < -0.3 is 34.3 Å². The standard InChI is InChI=1S/C28H34N4O8S/c1-28(2,3)40-27(35)32-23(26(34)39-12-10-29)18-20-4-6-21(7-5-20)38-17-16-37-15-14-36-13-11-31-25(33)24-9-8-22(19-30)41-24/h4-9,23H,11-18H2,1-3H3,(H,31,33)(H,32,35)/t23-/m0/s1. The largest absolute Gasteiger partial charge is 0.491 e. The summed E-state index contributed by atoms with van der Waals surface area (Å²) in [5.74, 6) is -0.380. The van der Waals surface area contributed by atoms with Crippen LogP contribution in [0.5, 0.6) is 5.75 Å². The number of benzene rings is 1. The zero-order valence-electron chi connectivity index (χ0n) is 23.3. The number of carbonyl (C=O) groups excluding carboxylic acids is 3. The van der Waals surface area contributed by atoms with Gasteiger partial charge in [0.25, 0.3) is 5.91 Å². The summed E-state index contributed by atoms with van der Waals surface area (Å²) in [6.07, 6.45) is -0.634. The molecule has 0 saturated carbocycles. The van der Waals surface area contributed by atoms with Gasteiger partial charge in [-0.15, -0.1) is 11.3 Å². The van der Waals surface area contributed by atoms with Crippen LogP contribution in [0.15, 0.2) is 36.4 Å². The molecule has 0 saturated heterocycles. The predicted octanol–water partition coefficient (Wildman–Crippen LogP) is 2.96. The van der Waals surface area contributed by atoms with Crippen molar-refractivity contribution in [1.82, 2.24) is 10.6 Å². The number of amides is 2. The Morgan fingerprint density at radius 2 is 1.63 bits per heavy atom. The molecule has 12 nitrogen and oxygen atoms in total. The lowest BCUT2D eigenvalue weighted by molar-refractivity contribution is -0.144. The van der Waals surface area contributed by atoms with Crippen molar-refractivity contribution in [3.63, 3.8) is 0 Å². The van der Waals surface area contributed by atoms with E-state index in [1.807, 2.05) is 6.07 Å². The predicted molar refractivity (Wildman–Crippen MR) is 148 cm³/mol. The lowest BCUT2D eigenvalue weighted by atomic mass is 10.1. The molecule has 1 aromatic heterocycles. The van der Waals surface area contributed by atoms with Crippen molar-refractivity contribution >= 4 is 29.3 Å². The second-order valence-electron chi connectivity index (χ2n) is 9.42. The zero-order valence-corrected chi connectivity index (χ0v) is 24.1. The molecule has 2 N–H and O–H groups in total. The van der Waals surface area contributed by atoms with Crippen molar-refractivity contribution in [2.24, 2.45) is 0 Å². The Balaban J connectivity index is 1.63. The van der Waals surface area contributed by atoms with Gasteiger partial charge in [0.15, 0.2) is 6.61 Å². The Morgan fingerprint density at radius 1 is 0.951 bits per heavy atom. The van der Waals surface area contributed by atoms with Gasteiger partial charge in [-0.3, -0.25) is 4.79 Å². The van der Waals surface area contributed by atoms with Crippen LogP contribution in [0, 0.1) is 22.7 Å². The Hall–Kier alpha value is -4.17. The van der Waals surface area contributed by atoms with Gasteiger partial charge in [0.05, 0.1) is 31.3 Å². The molecule has 2 rings (SSSR count). The Morgan fingerprint density at radius 3 is 2.27 bits per heavy atom. The van der Waals surface area contributed by atoms with Crippen LogP contribution in [0.2, 0.25) is 0 Å². The van der Waals surface area contributed by atoms with E-state index in [2.05, 4.69) is 10.6 Å². The van der Waals surface area contributed by atoms with E-state index in [0.717, 1.165) is 16.9 Å². The first kappa shape index (κ1) is 33.0. The first-order chi connectivity index (χ1) is 19.6. The molecule has 220 valence electrons. The maximum Gasteiger partial charge on any atom is 0.408 e. The topological polar surface area (TPSA) is 169 Å². The molecule has 0 spiro atoms. The van der Waals surface area contributed by atoms with Gasteiger partial charge in [-0.05, 0) is 50.6 Å². The third kappa shape index (κ3) is 13.6. The monoisotopic (exact) mass is 586 g/mol. The molecular formula is C28H34N4O8S. The van der Waals surface area contributed by atoms with Gasteiger partial charge in [0.1, 0.15) is 41.0 Å². The number of hydrogen-bond donors (Lipinski definition) is 2. The molecule has 2 aromatic rings. The van der Waals surface area contributed by atoms with Crippen LogP contribution in [-0.2, 0) is 30.2 Å². The van der Waals surface area contributed by atoms with Gasteiger partial charge in [-0.2, -0.15) is 10.5 Å². The molecule has 1 aromatic carbocycles. The minimum atomic E-state index is -1.03. The van der Waals surface area contributed by atoms with Gasteiger partial charge >= 0.3 is 12.1 Å². The normalized spacial score (nSPS) is 11.4. The highest BCUT2D eigenvalue weighted by Crippen LogP contribution is 2.16. The molecule has 0 fully saturated rings. The summed E-state index contributed by atoms with van der Waals surface area (Å²) in [5.41, 5.74) is -0.00501. The molecule has 0 aliphatic carbocycles. The van der Waals surface area contributed by atoms with E-state index in [1.54, 1.807) is 63.2 Å². The first-order valence-corrected chi connectivity index (χ1v) is 13.6. The molecule has 13 heteroatoms. The van der Waals surface area contributed by atoms with Crippen LogP contribution >= 0.6 is 11.3 Å². The second kappa shape index (κ2) is 17.5. The van der Waals surface area contributed by atoms with Crippen molar-refractivity contribution in [1.29, 1.82) is 10.5 Å². The quantitative estimate of drug-likeness (QED) is 0.220. The molecule has 0 bridgehead atoms. The molecule has 0 unspecified atom stereocenters. The Labute approximate surface area is 243 Å². The van der Waals surface area contributed by atoms with E-state index in [9.17, 15) is 14.4 Å². The Kier molecular flexibility index (Phi) is 14.1. The molecule has 2 amide bonds. The molecule has 1 heterocycles. The molecule has 0 radical (unpaired) electrons. The van der Waals surface area contributed by atoms with Crippen molar-refractivity contribution < 1.29 is 38.1 Å². The minimum Gasteiger partial charge on any atom is -0.491 e. The Bertz CT molecular complexity index is 1210. The number of nitrogens with one attached hydrogen (secondary N) is 2. The van der Waals surface area contributed by atoms with E-state index in [4.69, 9.17) is 34.2 Å². The summed E-state index contributed by atoms with van der Waals surface area (Å²) < 4.78 is 26.7. The average Bonchev–Trinajstić information content (AvgIpc) is 3.42. The van der Waals surface area contributed by atoms with Crippen molar-refractivity contribution in [2.75, 3.05) is 46.2 Å². The number of carbonyl (C=O) groups is 3. The van der Waals surface area contributed by atoms with E-state index < -0.39 is 30.3 Å². The van der Waals surface area contributed by atoms with Crippen LogP contribution in [0.3, 0.4) is 0 Å². The number of thiophene rings is 1. The molecule has 41 heavy (non-hydrogen) atoms. The maximum absolute atomic E-state index is 12.4. The average molecular weight is 587 g/mol. The lowest BCUT2D eigenvalue weighted by Crippen LogP contribution is -2.45. The van der Waals surface area contributed by atoms with E-state index in [1.165, 1.54) is 0 Å². The van der Waals surface area contributed by atoms with Crippen molar-refractivity contribution in [2.45, 2.75) is 38.8 Å². The zero-order chi connectivity index (χ0) is 30.1. The SMILES string of the molecule is CC(C)(C)OC(=O)N[C@@H](Cc1ccc(OCCOCCOCCNC(=O)c2ccc(C#N)s2)cc1)C(=O)OCC#N. The molecular weight excluding hydrogens is 552 g/mol. The van der Waals surface area contributed by atoms with Gasteiger partial charge in [-0.25, -0.2) is 9.59 Å². The van der Waals surface area contributed by atoms with Gasteiger partial charge in [0, 0.05) is 13.0 Å². The third-order valence-electron chi connectivity index (χ3n) is 4.96. The highest BCUT2D eigenvalue weighted by Gasteiger charge is 2.26. The summed E-state index contributed by atoms with van der Waals surface area (Å²) in [7, 11) is 0. The summed E-state index contributed by atoms with van der Waals surface area (Å²) >= 11 is 1.14. The number of rotatable bonds is 16. The first-order valence-electron chi connectivity index (χ1n) is 12.8. The van der Waals surface area contributed by atoms with E-state index in [-0.39, 0.29) is 12.3 Å². The van der Waals surface area contributed by atoms with E-state index >= 15 is 0 Å². The van der Waals surface area contributed by atoms with Crippen molar-refractivity contribution in [3.8, 4) is 17.9 Å². The number of ether oxygens (including phenoxy) is 5. The van der Waals surface area contributed by atoms with Crippen molar-refractivity contribution in [3.05, 3.63) is 51.7 Å². The lowest BCUT2D eigenvalue weighted by Gasteiger charge is -2.22. The van der Waals surface area contributed by atoms with E-state index in [0.29, 0.717) is 55.1 Å². The number of alkyl carbamates (subject to hydrolysis) is 1. The minimum absolute atomic E-state index is 0.132. The van der Waals surface area contributed by atoms with Crippen LogP contribution in [0.25, 0.3) is 0 Å².